The van der Waals surface area contributed by atoms with E-state index in [1.54, 1.807) is 7.11 Å². The van der Waals surface area contributed by atoms with Crippen molar-refractivity contribution in [2.24, 2.45) is 4.99 Å². The maximum absolute atomic E-state index is 5.33. The summed E-state index contributed by atoms with van der Waals surface area (Å²) in [4.78, 5) is 4.26. The van der Waals surface area contributed by atoms with Crippen molar-refractivity contribution in [2.45, 2.75) is 38.5 Å². The van der Waals surface area contributed by atoms with Crippen LogP contribution in [0.2, 0.25) is 0 Å². The minimum Gasteiger partial charge on any atom is -0.479 e. The van der Waals surface area contributed by atoms with E-state index >= 15 is 0 Å². The standard InChI is InChI=1S/C11H21NO2/c1-13-9-6-4-2-3-5-7-11-12-8-10-14-11/h2-10H2,1H3. The number of hydrogen-bond donors (Lipinski definition) is 0. The molecule has 14 heavy (non-hydrogen) atoms. The first-order chi connectivity index (χ1) is 6.93. The molecule has 0 spiro atoms. The molecule has 0 aromatic heterocycles. The van der Waals surface area contributed by atoms with E-state index in [2.05, 4.69) is 4.99 Å². The van der Waals surface area contributed by atoms with E-state index in [9.17, 15) is 0 Å². The molecule has 0 bridgehead atoms. The Labute approximate surface area is 86.5 Å². The molecule has 3 nitrogen and oxygen atoms in total. The Hall–Kier alpha value is -0.570. The van der Waals surface area contributed by atoms with Crippen LogP contribution in [0.15, 0.2) is 4.99 Å². The highest BCUT2D eigenvalue weighted by Gasteiger charge is 2.05. The predicted molar refractivity (Wildman–Crippen MR) is 57.8 cm³/mol. The zero-order chi connectivity index (χ0) is 10.1. The Balaban J connectivity index is 1.80. The van der Waals surface area contributed by atoms with Gasteiger partial charge in [0.1, 0.15) is 6.61 Å². The summed E-state index contributed by atoms with van der Waals surface area (Å²) in [7, 11) is 1.76. The van der Waals surface area contributed by atoms with Crippen molar-refractivity contribution in [3.05, 3.63) is 0 Å². The van der Waals surface area contributed by atoms with Gasteiger partial charge in [0.2, 0.25) is 0 Å². The maximum Gasteiger partial charge on any atom is 0.183 e. The lowest BCUT2D eigenvalue weighted by Gasteiger charge is -2.02. The molecular weight excluding hydrogens is 178 g/mol. The van der Waals surface area contributed by atoms with E-state index < -0.39 is 0 Å². The van der Waals surface area contributed by atoms with Crippen molar-refractivity contribution in [3.63, 3.8) is 0 Å². The molecule has 82 valence electrons. The predicted octanol–water partition coefficient (Wildman–Crippen LogP) is 2.40. The van der Waals surface area contributed by atoms with Crippen LogP contribution in [0.1, 0.15) is 38.5 Å². The molecule has 0 aromatic carbocycles. The number of aliphatic imine (C=N–C) groups is 1. The number of rotatable bonds is 8. The molecule has 0 radical (unpaired) electrons. The molecule has 1 aliphatic rings. The van der Waals surface area contributed by atoms with Gasteiger partial charge in [-0.1, -0.05) is 19.3 Å². The van der Waals surface area contributed by atoms with Crippen LogP contribution in [0.4, 0.5) is 0 Å². The molecule has 0 saturated carbocycles. The molecule has 0 unspecified atom stereocenters. The van der Waals surface area contributed by atoms with E-state index in [4.69, 9.17) is 9.47 Å². The molecule has 0 atom stereocenters. The topological polar surface area (TPSA) is 30.8 Å². The molecular formula is C11H21NO2. The van der Waals surface area contributed by atoms with E-state index in [0.29, 0.717) is 0 Å². The normalized spacial score (nSPS) is 15.4. The third-order valence-electron chi connectivity index (χ3n) is 2.39. The maximum atomic E-state index is 5.33. The van der Waals surface area contributed by atoms with Gasteiger partial charge >= 0.3 is 0 Å². The van der Waals surface area contributed by atoms with Crippen LogP contribution in [-0.2, 0) is 9.47 Å². The van der Waals surface area contributed by atoms with Crippen LogP contribution >= 0.6 is 0 Å². The van der Waals surface area contributed by atoms with Gasteiger partial charge in [0.15, 0.2) is 5.90 Å². The van der Waals surface area contributed by atoms with Gasteiger partial charge in [-0.25, -0.2) is 0 Å². The van der Waals surface area contributed by atoms with Crippen molar-refractivity contribution in [3.8, 4) is 0 Å². The van der Waals surface area contributed by atoms with Crippen molar-refractivity contribution < 1.29 is 9.47 Å². The summed E-state index contributed by atoms with van der Waals surface area (Å²) in [5.41, 5.74) is 0. The molecule has 1 rings (SSSR count). The van der Waals surface area contributed by atoms with Gasteiger partial charge in [0, 0.05) is 20.1 Å². The monoisotopic (exact) mass is 199 g/mol. The molecule has 0 aromatic rings. The number of ether oxygens (including phenoxy) is 2. The van der Waals surface area contributed by atoms with Crippen LogP contribution in [0.25, 0.3) is 0 Å². The summed E-state index contributed by atoms with van der Waals surface area (Å²) < 4.78 is 10.3. The summed E-state index contributed by atoms with van der Waals surface area (Å²) in [6, 6.07) is 0. The highest BCUT2D eigenvalue weighted by Crippen LogP contribution is 2.08. The zero-order valence-electron chi connectivity index (χ0n) is 9.13. The average molecular weight is 199 g/mol. The second kappa shape index (κ2) is 7.80. The van der Waals surface area contributed by atoms with Crippen molar-refractivity contribution in [2.75, 3.05) is 26.9 Å². The fourth-order valence-electron chi connectivity index (χ4n) is 1.58. The lowest BCUT2D eigenvalue weighted by Crippen LogP contribution is -1.98. The van der Waals surface area contributed by atoms with Gasteiger partial charge in [-0.15, -0.1) is 0 Å². The van der Waals surface area contributed by atoms with Crippen molar-refractivity contribution in [1.82, 2.24) is 0 Å². The average Bonchev–Trinajstić information content (AvgIpc) is 2.69. The number of methoxy groups -OCH3 is 1. The van der Waals surface area contributed by atoms with Crippen LogP contribution < -0.4 is 0 Å². The first-order valence-electron chi connectivity index (χ1n) is 5.58. The van der Waals surface area contributed by atoms with Crippen LogP contribution in [0.5, 0.6) is 0 Å². The molecule has 0 aliphatic carbocycles. The fraction of sp³-hybridized carbons (Fsp3) is 0.909. The summed E-state index contributed by atoms with van der Waals surface area (Å²) in [6.45, 7) is 2.56. The first kappa shape index (κ1) is 11.5. The third kappa shape index (κ3) is 5.22. The summed E-state index contributed by atoms with van der Waals surface area (Å²) in [5.74, 6) is 0.974. The second-order valence-electron chi connectivity index (χ2n) is 3.63. The first-order valence-corrected chi connectivity index (χ1v) is 5.58. The van der Waals surface area contributed by atoms with Crippen LogP contribution in [-0.4, -0.2) is 32.8 Å². The smallest absolute Gasteiger partial charge is 0.183 e. The van der Waals surface area contributed by atoms with Crippen molar-refractivity contribution >= 4 is 5.90 Å². The van der Waals surface area contributed by atoms with Gasteiger partial charge < -0.3 is 9.47 Å². The number of hydrogen-bond acceptors (Lipinski definition) is 3. The molecule has 0 N–H and O–H groups in total. The number of unbranched alkanes of at least 4 members (excludes halogenated alkanes) is 4. The number of nitrogens with zero attached hydrogens (tertiary/aromatic N) is 1. The Morgan fingerprint density at radius 3 is 2.71 bits per heavy atom. The molecule has 0 amide bonds. The summed E-state index contributed by atoms with van der Waals surface area (Å²) >= 11 is 0. The van der Waals surface area contributed by atoms with Crippen LogP contribution in [0.3, 0.4) is 0 Å². The Bertz CT molecular complexity index is 169. The zero-order valence-corrected chi connectivity index (χ0v) is 9.13. The highest BCUT2D eigenvalue weighted by atomic mass is 16.5. The largest absolute Gasteiger partial charge is 0.479 e. The Morgan fingerprint density at radius 1 is 1.21 bits per heavy atom. The molecule has 1 heterocycles. The molecule has 1 aliphatic heterocycles. The Kier molecular flexibility index (Phi) is 6.41. The molecule has 3 heteroatoms. The molecule has 0 fully saturated rings. The minimum absolute atomic E-state index is 0.795. The van der Waals surface area contributed by atoms with E-state index in [-0.39, 0.29) is 0 Å². The van der Waals surface area contributed by atoms with Crippen molar-refractivity contribution in [1.29, 1.82) is 0 Å². The second-order valence-corrected chi connectivity index (χ2v) is 3.63. The van der Waals surface area contributed by atoms with Crippen LogP contribution in [0, 0.1) is 0 Å². The minimum atomic E-state index is 0.795. The summed E-state index contributed by atoms with van der Waals surface area (Å²) in [6.07, 6.45) is 7.30. The SMILES string of the molecule is COCCCCCCCC1=NCCO1. The van der Waals surface area contributed by atoms with Gasteiger partial charge in [-0.3, -0.25) is 4.99 Å². The molecule has 0 saturated heterocycles. The van der Waals surface area contributed by atoms with E-state index in [1.165, 1.54) is 32.1 Å². The van der Waals surface area contributed by atoms with E-state index in [1.807, 2.05) is 0 Å². The van der Waals surface area contributed by atoms with Gasteiger partial charge in [-0.05, 0) is 12.8 Å². The van der Waals surface area contributed by atoms with Gasteiger partial charge in [-0.2, -0.15) is 0 Å². The third-order valence-corrected chi connectivity index (χ3v) is 2.39. The van der Waals surface area contributed by atoms with E-state index in [0.717, 1.165) is 32.1 Å². The lowest BCUT2D eigenvalue weighted by molar-refractivity contribution is 0.192. The Morgan fingerprint density at radius 2 is 2.00 bits per heavy atom. The highest BCUT2D eigenvalue weighted by molar-refractivity contribution is 5.77. The quantitative estimate of drug-likeness (QED) is 0.562. The van der Waals surface area contributed by atoms with Gasteiger partial charge in [0.05, 0.1) is 6.54 Å². The fourth-order valence-corrected chi connectivity index (χ4v) is 1.58. The van der Waals surface area contributed by atoms with Gasteiger partial charge in [0.25, 0.3) is 0 Å². The lowest BCUT2D eigenvalue weighted by atomic mass is 10.1. The summed E-state index contributed by atoms with van der Waals surface area (Å²) in [5, 5.41) is 0.